The van der Waals surface area contributed by atoms with Crippen molar-refractivity contribution < 1.29 is 0 Å². The summed E-state index contributed by atoms with van der Waals surface area (Å²) < 4.78 is 0. The summed E-state index contributed by atoms with van der Waals surface area (Å²) in [5.41, 5.74) is 0. The van der Waals surface area contributed by atoms with Crippen LogP contribution in [0.5, 0.6) is 0 Å². The van der Waals surface area contributed by atoms with E-state index in [1.807, 2.05) is 0 Å². The Hall–Kier alpha value is -0.0800. The summed E-state index contributed by atoms with van der Waals surface area (Å²) in [6.07, 6.45) is 12.4. The molecule has 1 saturated carbocycles. The van der Waals surface area contributed by atoms with Crippen molar-refractivity contribution in [3.8, 4) is 0 Å². The molecular formula is C19H40N2. The van der Waals surface area contributed by atoms with Gasteiger partial charge in [0.25, 0.3) is 0 Å². The lowest BCUT2D eigenvalue weighted by Crippen LogP contribution is -2.45. The molecule has 126 valence electrons. The first kappa shape index (κ1) is 19.0. The number of nitrogens with one attached hydrogen (secondary N) is 1. The van der Waals surface area contributed by atoms with Gasteiger partial charge in [0, 0.05) is 12.6 Å². The van der Waals surface area contributed by atoms with Crippen molar-refractivity contribution in [2.45, 2.75) is 84.6 Å². The highest BCUT2D eigenvalue weighted by Gasteiger charge is 2.30. The third kappa shape index (κ3) is 7.65. The quantitative estimate of drug-likeness (QED) is 0.556. The Kier molecular flexibility index (Phi) is 10.4. The van der Waals surface area contributed by atoms with E-state index in [1.54, 1.807) is 0 Å². The summed E-state index contributed by atoms with van der Waals surface area (Å²) in [5.74, 6) is 1.86. The molecule has 1 aliphatic carbocycles. The van der Waals surface area contributed by atoms with Crippen molar-refractivity contribution in [1.82, 2.24) is 10.2 Å². The molecule has 0 aliphatic heterocycles. The van der Waals surface area contributed by atoms with Crippen LogP contribution in [0.2, 0.25) is 0 Å². The largest absolute Gasteiger partial charge is 0.314 e. The van der Waals surface area contributed by atoms with Crippen molar-refractivity contribution in [2.75, 3.05) is 26.7 Å². The van der Waals surface area contributed by atoms with E-state index in [4.69, 9.17) is 0 Å². The molecule has 0 aromatic heterocycles. The molecule has 0 amide bonds. The van der Waals surface area contributed by atoms with E-state index in [-0.39, 0.29) is 0 Å². The van der Waals surface area contributed by atoms with Crippen LogP contribution in [-0.4, -0.2) is 37.6 Å². The summed E-state index contributed by atoms with van der Waals surface area (Å²) in [4.78, 5) is 2.59. The van der Waals surface area contributed by atoms with Crippen LogP contribution in [-0.2, 0) is 0 Å². The van der Waals surface area contributed by atoms with Crippen molar-refractivity contribution in [3.05, 3.63) is 0 Å². The maximum Gasteiger partial charge on any atom is 0.0108 e. The van der Waals surface area contributed by atoms with Crippen molar-refractivity contribution in [2.24, 2.45) is 11.8 Å². The Morgan fingerprint density at radius 3 is 2.48 bits per heavy atom. The van der Waals surface area contributed by atoms with E-state index in [1.165, 1.54) is 77.4 Å². The molecule has 3 unspecified atom stereocenters. The van der Waals surface area contributed by atoms with Gasteiger partial charge in [-0.15, -0.1) is 0 Å². The molecule has 0 bridgehead atoms. The molecule has 1 aliphatic rings. The second-order valence-electron chi connectivity index (χ2n) is 7.26. The van der Waals surface area contributed by atoms with E-state index < -0.39 is 0 Å². The zero-order chi connectivity index (χ0) is 15.5. The minimum Gasteiger partial charge on any atom is -0.314 e. The third-order valence-electron chi connectivity index (χ3n) is 5.13. The Morgan fingerprint density at radius 2 is 1.81 bits per heavy atom. The van der Waals surface area contributed by atoms with Gasteiger partial charge in [0.15, 0.2) is 0 Å². The van der Waals surface area contributed by atoms with Crippen LogP contribution in [0.4, 0.5) is 0 Å². The molecule has 1 N–H and O–H groups in total. The SMILES string of the molecule is CCCCCN(C)CC1CC(CCC)CCC1NCCC. The molecule has 0 aromatic carbocycles. The van der Waals surface area contributed by atoms with Crippen molar-refractivity contribution in [1.29, 1.82) is 0 Å². The van der Waals surface area contributed by atoms with Gasteiger partial charge in [-0.3, -0.25) is 0 Å². The van der Waals surface area contributed by atoms with Crippen LogP contribution >= 0.6 is 0 Å². The van der Waals surface area contributed by atoms with E-state index >= 15 is 0 Å². The highest BCUT2D eigenvalue weighted by Crippen LogP contribution is 2.32. The molecule has 21 heavy (non-hydrogen) atoms. The Morgan fingerprint density at radius 1 is 1.00 bits per heavy atom. The number of rotatable bonds is 11. The van der Waals surface area contributed by atoms with Gasteiger partial charge in [0.1, 0.15) is 0 Å². The maximum atomic E-state index is 3.83. The fourth-order valence-electron chi connectivity index (χ4n) is 3.96. The highest BCUT2D eigenvalue weighted by molar-refractivity contribution is 4.86. The van der Waals surface area contributed by atoms with Crippen LogP contribution in [0.25, 0.3) is 0 Å². The van der Waals surface area contributed by atoms with Gasteiger partial charge in [-0.1, -0.05) is 46.5 Å². The van der Waals surface area contributed by atoms with Gasteiger partial charge in [-0.2, -0.15) is 0 Å². The van der Waals surface area contributed by atoms with E-state index in [2.05, 4.69) is 38.0 Å². The first-order valence-corrected chi connectivity index (χ1v) is 9.63. The predicted octanol–water partition coefficient (Wildman–Crippen LogP) is 4.69. The van der Waals surface area contributed by atoms with Gasteiger partial charge in [0.2, 0.25) is 0 Å². The molecule has 0 heterocycles. The average molecular weight is 297 g/mol. The fraction of sp³-hybridized carbons (Fsp3) is 1.00. The molecule has 0 saturated heterocycles. The predicted molar refractivity (Wildman–Crippen MR) is 94.8 cm³/mol. The van der Waals surface area contributed by atoms with Gasteiger partial charge in [-0.25, -0.2) is 0 Å². The molecule has 2 nitrogen and oxygen atoms in total. The second kappa shape index (κ2) is 11.5. The summed E-state index contributed by atoms with van der Waals surface area (Å²) >= 11 is 0. The Bertz CT molecular complexity index is 242. The first-order chi connectivity index (χ1) is 10.2. The van der Waals surface area contributed by atoms with Crippen LogP contribution in [0, 0.1) is 11.8 Å². The van der Waals surface area contributed by atoms with E-state index in [0.29, 0.717) is 0 Å². The molecule has 2 heteroatoms. The van der Waals surface area contributed by atoms with Crippen LogP contribution < -0.4 is 5.32 Å². The number of nitrogens with zero attached hydrogens (tertiary/aromatic N) is 1. The summed E-state index contributed by atoms with van der Waals surface area (Å²) in [5, 5.41) is 3.83. The van der Waals surface area contributed by atoms with Gasteiger partial charge >= 0.3 is 0 Å². The number of hydrogen-bond donors (Lipinski definition) is 1. The standard InChI is InChI=1S/C19H40N2/c1-5-8-9-14-21(4)16-18-15-17(10-6-2)11-12-19(18)20-13-7-3/h17-20H,5-16H2,1-4H3. The molecule has 1 fully saturated rings. The third-order valence-corrected chi connectivity index (χ3v) is 5.13. The average Bonchev–Trinajstić information content (AvgIpc) is 2.47. The molecule has 3 atom stereocenters. The lowest BCUT2D eigenvalue weighted by Gasteiger charge is -2.39. The normalized spacial score (nSPS) is 26.4. The minimum atomic E-state index is 0.770. The van der Waals surface area contributed by atoms with E-state index in [0.717, 1.165) is 17.9 Å². The van der Waals surface area contributed by atoms with Gasteiger partial charge < -0.3 is 10.2 Å². The lowest BCUT2D eigenvalue weighted by molar-refractivity contribution is 0.148. The summed E-state index contributed by atoms with van der Waals surface area (Å²) in [7, 11) is 2.33. The van der Waals surface area contributed by atoms with Gasteiger partial charge in [0.05, 0.1) is 0 Å². The lowest BCUT2D eigenvalue weighted by atomic mass is 9.76. The number of unbranched alkanes of at least 4 members (excludes halogenated alkanes) is 2. The molecular weight excluding hydrogens is 256 g/mol. The summed E-state index contributed by atoms with van der Waals surface area (Å²) in [6.45, 7) is 10.7. The first-order valence-electron chi connectivity index (χ1n) is 9.63. The van der Waals surface area contributed by atoms with Crippen LogP contribution in [0.15, 0.2) is 0 Å². The molecule has 0 spiro atoms. The minimum absolute atomic E-state index is 0.770. The maximum absolute atomic E-state index is 3.83. The van der Waals surface area contributed by atoms with Crippen molar-refractivity contribution in [3.63, 3.8) is 0 Å². The van der Waals surface area contributed by atoms with Crippen LogP contribution in [0.1, 0.15) is 78.6 Å². The van der Waals surface area contributed by atoms with Gasteiger partial charge in [-0.05, 0) is 64.1 Å². The van der Waals surface area contributed by atoms with E-state index in [9.17, 15) is 0 Å². The Labute approximate surface area is 134 Å². The number of hydrogen-bond acceptors (Lipinski definition) is 2. The second-order valence-corrected chi connectivity index (χ2v) is 7.26. The zero-order valence-corrected chi connectivity index (χ0v) is 15.2. The van der Waals surface area contributed by atoms with Crippen molar-refractivity contribution >= 4 is 0 Å². The topological polar surface area (TPSA) is 15.3 Å². The molecule has 1 rings (SSSR count). The Balaban J connectivity index is 2.44. The summed E-state index contributed by atoms with van der Waals surface area (Å²) in [6, 6.07) is 0.770. The smallest absolute Gasteiger partial charge is 0.0108 e. The van der Waals surface area contributed by atoms with Crippen LogP contribution in [0.3, 0.4) is 0 Å². The fourth-order valence-corrected chi connectivity index (χ4v) is 3.96. The molecule has 0 aromatic rings. The molecule has 0 radical (unpaired) electrons. The zero-order valence-electron chi connectivity index (χ0n) is 15.2. The highest BCUT2D eigenvalue weighted by atomic mass is 15.1. The monoisotopic (exact) mass is 296 g/mol.